The Morgan fingerprint density at radius 2 is 1.74 bits per heavy atom. The van der Waals surface area contributed by atoms with Crippen LogP contribution in [0.2, 0.25) is 0 Å². The summed E-state index contributed by atoms with van der Waals surface area (Å²) in [6, 6.07) is 17.7. The van der Waals surface area contributed by atoms with Crippen molar-refractivity contribution in [1.82, 2.24) is 19.7 Å². The van der Waals surface area contributed by atoms with Gasteiger partial charge in [0.15, 0.2) is 5.82 Å². The van der Waals surface area contributed by atoms with E-state index in [0.717, 1.165) is 46.8 Å². The number of anilines is 1. The van der Waals surface area contributed by atoms with Crippen LogP contribution in [0.4, 0.5) is 5.69 Å². The first-order chi connectivity index (χ1) is 16.6. The Balaban J connectivity index is 1.38. The maximum atomic E-state index is 13.7. The summed E-state index contributed by atoms with van der Waals surface area (Å²) in [4.78, 5) is 22.4. The number of aryl methyl sites for hydroxylation is 1. The number of carbonyl (C=O) groups excluding carboxylic acids is 1. The van der Waals surface area contributed by atoms with Gasteiger partial charge in [-0.3, -0.25) is 4.79 Å². The van der Waals surface area contributed by atoms with Crippen molar-refractivity contribution in [2.45, 2.75) is 20.8 Å². The number of aromatic nitrogens is 3. The zero-order valence-corrected chi connectivity index (χ0v) is 19.9. The molecule has 3 heterocycles. The van der Waals surface area contributed by atoms with E-state index in [1.54, 1.807) is 6.20 Å². The van der Waals surface area contributed by atoms with E-state index in [2.05, 4.69) is 16.8 Å². The summed E-state index contributed by atoms with van der Waals surface area (Å²) in [5.74, 6) is 1.48. The third-order valence-corrected chi connectivity index (χ3v) is 6.41. The lowest BCUT2D eigenvalue weighted by Gasteiger charge is -2.36. The Morgan fingerprint density at radius 3 is 2.47 bits per heavy atom. The minimum absolute atomic E-state index is 0.0255. The Morgan fingerprint density at radius 1 is 0.971 bits per heavy atom. The van der Waals surface area contributed by atoms with Crippen LogP contribution < -0.4 is 9.64 Å². The topological polar surface area (TPSA) is 63.5 Å². The third-order valence-electron chi connectivity index (χ3n) is 6.41. The van der Waals surface area contributed by atoms with Crippen LogP contribution in [0.1, 0.15) is 28.7 Å². The molecule has 7 nitrogen and oxygen atoms in total. The van der Waals surface area contributed by atoms with E-state index in [-0.39, 0.29) is 5.91 Å². The zero-order chi connectivity index (χ0) is 23.7. The van der Waals surface area contributed by atoms with Gasteiger partial charge in [-0.25, -0.2) is 9.67 Å². The molecule has 0 saturated carbocycles. The first kappa shape index (κ1) is 21.9. The molecule has 1 saturated heterocycles. The van der Waals surface area contributed by atoms with E-state index in [0.29, 0.717) is 31.0 Å². The van der Waals surface area contributed by atoms with E-state index in [1.165, 1.54) is 0 Å². The highest BCUT2D eigenvalue weighted by atomic mass is 16.5. The van der Waals surface area contributed by atoms with Crippen LogP contribution in [0.15, 0.2) is 60.8 Å². The van der Waals surface area contributed by atoms with Crippen molar-refractivity contribution in [3.63, 3.8) is 0 Å². The van der Waals surface area contributed by atoms with Crippen molar-refractivity contribution < 1.29 is 9.53 Å². The molecule has 4 aromatic rings. The van der Waals surface area contributed by atoms with Gasteiger partial charge in [0, 0.05) is 32.4 Å². The summed E-state index contributed by atoms with van der Waals surface area (Å²) in [6.45, 7) is 9.34. The van der Waals surface area contributed by atoms with Gasteiger partial charge < -0.3 is 14.5 Å². The molecular formula is C27H29N5O2. The quantitative estimate of drug-likeness (QED) is 0.446. The highest BCUT2D eigenvalue weighted by Crippen LogP contribution is 2.31. The minimum atomic E-state index is 0.0255. The van der Waals surface area contributed by atoms with Crippen LogP contribution >= 0.6 is 0 Å². The van der Waals surface area contributed by atoms with Crippen molar-refractivity contribution in [2.75, 3.05) is 37.7 Å². The molecule has 1 fully saturated rings. The average molecular weight is 456 g/mol. The molecule has 0 unspecified atom stereocenters. The zero-order valence-electron chi connectivity index (χ0n) is 19.9. The molecule has 0 spiro atoms. The Hall–Kier alpha value is -3.87. The molecule has 0 atom stereocenters. The van der Waals surface area contributed by atoms with Gasteiger partial charge >= 0.3 is 0 Å². The number of rotatable bonds is 5. The molecule has 2 aromatic carbocycles. The molecule has 34 heavy (non-hydrogen) atoms. The van der Waals surface area contributed by atoms with Crippen LogP contribution in [0.3, 0.4) is 0 Å². The van der Waals surface area contributed by atoms with E-state index in [4.69, 9.17) is 9.84 Å². The molecule has 2 aromatic heterocycles. The number of nitrogens with zero attached hydrogens (tertiary/aromatic N) is 5. The molecule has 1 aliphatic rings. The second-order valence-corrected chi connectivity index (χ2v) is 8.49. The molecule has 7 heteroatoms. The lowest BCUT2D eigenvalue weighted by Crippen LogP contribution is -2.49. The maximum Gasteiger partial charge on any atom is 0.258 e. The number of piperazine rings is 1. The monoisotopic (exact) mass is 455 g/mol. The molecule has 0 radical (unpaired) electrons. The Bertz CT molecular complexity index is 1320. The van der Waals surface area contributed by atoms with Crippen LogP contribution in [-0.2, 0) is 0 Å². The van der Waals surface area contributed by atoms with Crippen LogP contribution in [0.5, 0.6) is 5.75 Å². The molecular weight excluding hydrogens is 426 g/mol. The van der Waals surface area contributed by atoms with Gasteiger partial charge in [0.25, 0.3) is 5.91 Å². The average Bonchev–Trinajstić information content (AvgIpc) is 3.18. The molecule has 174 valence electrons. The number of fused-ring (bicyclic) bond motifs is 1. The standard InChI is InChI=1S/C27H29N5O2/c1-4-34-23-13-12-21-9-5-6-10-22(21)25(23)27(33)31-17-15-30(16-18-31)26-19(2)29-32(20(26)3)24-11-7-8-14-28-24/h5-14H,4,15-18H2,1-3H3. The van der Waals surface area contributed by atoms with Crippen molar-refractivity contribution in [3.05, 3.63) is 77.7 Å². The van der Waals surface area contributed by atoms with E-state index in [1.807, 2.05) is 78.0 Å². The Labute approximate surface area is 199 Å². The smallest absolute Gasteiger partial charge is 0.258 e. The summed E-state index contributed by atoms with van der Waals surface area (Å²) in [5.41, 5.74) is 3.81. The fourth-order valence-corrected chi connectivity index (χ4v) is 4.83. The van der Waals surface area contributed by atoms with Crippen molar-refractivity contribution in [1.29, 1.82) is 0 Å². The molecule has 0 bridgehead atoms. The van der Waals surface area contributed by atoms with Gasteiger partial charge in [0.1, 0.15) is 5.75 Å². The summed E-state index contributed by atoms with van der Waals surface area (Å²) in [6.07, 6.45) is 1.78. The van der Waals surface area contributed by atoms with Crippen molar-refractivity contribution in [3.8, 4) is 11.6 Å². The van der Waals surface area contributed by atoms with Crippen molar-refractivity contribution >= 4 is 22.4 Å². The summed E-state index contributed by atoms with van der Waals surface area (Å²) < 4.78 is 7.74. The SMILES string of the molecule is CCOc1ccc2ccccc2c1C(=O)N1CCN(c2c(C)nn(-c3ccccn3)c2C)CC1. The fraction of sp³-hybridized carbons (Fsp3) is 0.296. The fourth-order valence-electron chi connectivity index (χ4n) is 4.83. The number of ether oxygens (including phenoxy) is 1. The predicted octanol–water partition coefficient (Wildman–Crippen LogP) is 4.40. The maximum absolute atomic E-state index is 13.7. The number of pyridine rings is 1. The lowest BCUT2D eigenvalue weighted by molar-refractivity contribution is 0.0744. The first-order valence-corrected chi connectivity index (χ1v) is 11.7. The normalized spacial score (nSPS) is 14.0. The van der Waals surface area contributed by atoms with Gasteiger partial charge in [-0.1, -0.05) is 36.4 Å². The number of hydrogen-bond acceptors (Lipinski definition) is 5. The predicted molar refractivity (Wildman–Crippen MR) is 134 cm³/mol. The molecule has 5 rings (SSSR count). The minimum Gasteiger partial charge on any atom is -0.493 e. The van der Waals surface area contributed by atoms with E-state index < -0.39 is 0 Å². The largest absolute Gasteiger partial charge is 0.493 e. The summed E-state index contributed by atoms with van der Waals surface area (Å²) >= 11 is 0. The van der Waals surface area contributed by atoms with Crippen molar-refractivity contribution in [2.24, 2.45) is 0 Å². The highest BCUT2D eigenvalue weighted by molar-refractivity contribution is 6.09. The van der Waals surface area contributed by atoms with Gasteiger partial charge in [-0.15, -0.1) is 0 Å². The van der Waals surface area contributed by atoms with Gasteiger partial charge in [0.05, 0.1) is 29.2 Å². The van der Waals surface area contributed by atoms with E-state index >= 15 is 0 Å². The molecule has 1 amide bonds. The first-order valence-electron chi connectivity index (χ1n) is 11.7. The number of hydrogen-bond donors (Lipinski definition) is 0. The van der Waals surface area contributed by atoms with Gasteiger partial charge in [-0.2, -0.15) is 5.10 Å². The molecule has 0 N–H and O–H groups in total. The second-order valence-electron chi connectivity index (χ2n) is 8.49. The molecule has 1 aliphatic heterocycles. The van der Waals surface area contributed by atoms with Crippen LogP contribution in [0, 0.1) is 13.8 Å². The van der Waals surface area contributed by atoms with Crippen LogP contribution in [0.25, 0.3) is 16.6 Å². The second kappa shape index (κ2) is 9.17. The number of benzene rings is 2. The number of carbonyl (C=O) groups is 1. The summed E-state index contributed by atoms with van der Waals surface area (Å²) in [5, 5.41) is 6.72. The summed E-state index contributed by atoms with van der Waals surface area (Å²) in [7, 11) is 0. The van der Waals surface area contributed by atoms with Crippen LogP contribution in [-0.4, -0.2) is 58.4 Å². The molecule has 0 aliphatic carbocycles. The third kappa shape index (κ3) is 3.87. The van der Waals surface area contributed by atoms with E-state index in [9.17, 15) is 4.79 Å². The number of amides is 1. The highest BCUT2D eigenvalue weighted by Gasteiger charge is 2.28. The Kier molecular flexibility index (Phi) is 5.92. The van der Waals surface area contributed by atoms with Gasteiger partial charge in [0.2, 0.25) is 0 Å². The van der Waals surface area contributed by atoms with Gasteiger partial charge in [-0.05, 0) is 49.7 Å². The lowest BCUT2D eigenvalue weighted by atomic mass is 10.0.